The lowest BCUT2D eigenvalue weighted by Crippen LogP contribution is -2.27. The summed E-state index contributed by atoms with van der Waals surface area (Å²) >= 11 is 6.72. The van der Waals surface area contributed by atoms with E-state index in [1.807, 2.05) is 55.5 Å². The average molecular weight is 513 g/mol. The van der Waals surface area contributed by atoms with E-state index >= 15 is 0 Å². The molecular formula is C28H24N4O2S2. The minimum atomic E-state index is -0.244. The summed E-state index contributed by atoms with van der Waals surface area (Å²) in [5, 5.41) is 3.32. The number of pyridine rings is 1. The Labute approximate surface area is 218 Å². The number of hydrogen-bond donors (Lipinski definition) is 1. The van der Waals surface area contributed by atoms with Crippen molar-refractivity contribution in [2.24, 2.45) is 0 Å². The predicted molar refractivity (Wildman–Crippen MR) is 150 cm³/mol. The fraction of sp³-hybridized carbons (Fsp3) is 0.143. The first kappa shape index (κ1) is 24.0. The normalized spacial score (nSPS) is 14.7. The first-order chi connectivity index (χ1) is 17.5. The fourth-order valence-electron chi connectivity index (χ4n) is 3.98. The molecule has 1 saturated heterocycles. The van der Waals surface area contributed by atoms with Crippen molar-refractivity contribution in [1.29, 1.82) is 0 Å². The molecule has 1 N–H and O–H groups in total. The quantitative estimate of drug-likeness (QED) is 0.276. The lowest BCUT2D eigenvalue weighted by Gasteiger charge is -2.14. The van der Waals surface area contributed by atoms with E-state index in [1.165, 1.54) is 21.7 Å². The van der Waals surface area contributed by atoms with Crippen molar-refractivity contribution in [3.63, 3.8) is 0 Å². The minimum Gasteiger partial charge on any atom is -0.369 e. The Balaban J connectivity index is 1.45. The maximum absolute atomic E-state index is 13.4. The van der Waals surface area contributed by atoms with Gasteiger partial charge in [0.2, 0.25) is 0 Å². The van der Waals surface area contributed by atoms with Crippen molar-refractivity contribution in [2.75, 3.05) is 11.9 Å². The van der Waals surface area contributed by atoms with Gasteiger partial charge in [0.1, 0.15) is 15.8 Å². The lowest BCUT2D eigenvalue weighted by atomic mass is 10.1. The molecular weight excluding hydrogens is 488 g/mol. The van der Waals surface area contributed by atoms with Gasteiger partial charge in [0, 0.05) is 12.7 Å². The maximum atomic E-state index is 13.4. The van der Waals surface area contributed by atoms with Gasteiger partial charge < -0.3 is 5.32 Å². The summed E-state index contributed by atoms with van der Waals surface area (Å²) in [5.74, 6) is 0.240. The van der Waals surface area contributed by atoms with Crippen LogP contribution in [0.15, 0.2) is 88.7 Å². The molecule has 1 fully saturated rings. The molecule has 1 aliphatic heterocycles. The molecule has 2 aromatic carbocycles. The molecule has 36 heavy (non-hydrogen) atoms. The Morgan fingerprint density at radius 1 is 0.972 bits per heavy atom. The van der Waals surface area contributed by atoms with Crippen LogP contribution in [0.3, 0.4) is 0 Å². The number of thioether (sulfide) groups is 1. The second kappa shape index (κ2) is 10.5. The SMILES string of the molecule is Cc1ccc(CN2C(=O)/C(=C\c3c(NCCc4ccccc4)nc4ccccn4c3=O)SC2=S)cc1. The van der Waals surface area contributed by atoms with Gasteiger partial charge in [0.15, 0.2) is 0 Å². The number of nitrogens with zero attached hydrogens (tertiary/aromatic N) is 3. The number of anilines is 1. The van der Waals surface area contributed by atoms with Crippen LogP contribution in [0, 0.1) is 6.92 Å². The molecule has 0 saturated carbocycles. The summed E-state index contributed by atoms with van der Waals surface area (Å²) < 4.78 is 1.96. The van der Waals surface area contributed by atoms with Crippen LogP contribution >= 0.6 is 24.0 Å². The molecule has 1 amide bonds. The summed E-state index contributed by atoms with van der Waals surface area (Å²) in [7, 11) is 0. The molecule has 5 rings (SSSR count). The first-order valence-corrected chi connectivity index (χ1v) is 12.8. The highest BCUT2D eigenvalue weighted by Crippen LogP contribution is 2.34. The van der Waals surface area contributed by atoms with Gasteiger partial charge in [0.25, 0.3) is 11.5 Å². The Morgan fingerprint density at radius 2 is 1.72 bits per heavy atom. The molecule has 6 nitrogen and oxygen atoms in total. The summed E-state index contributed by atoms with van der Waals surface area (Å²) in [6.45, 7) is 3.00. The highest BCUT2D eigenvalue weighted by atomic mass is 32.2. The molecule has 0 radical (unpaired) electrons. The molecule has 180 valence electrons. The summed E-state index contributed by atoms with van der Waals surface area (Å²) in [6, 6.07) is 23.5. The molecule has 8 heteroatoms. The third kappa shape index (κ3) is 5.10. The summed E-state index contributed by atoms with van der Waals surface area (Å²) in [5.41, 5.74) is 3.96. The van der Waals surface area contributed by atoms with Crippen molar-refractivity contribution >= 4 is 51.7 Å². The van der Waals surface area contributed by atoms with Gasteiger partial charge in [-0.25, -0.2) is 4.98 Å². The number of amides is 1. The molecule has 2 aromatic heterocycles. The molecule has 1 aliphatic rings. The molecule has 0 aliphatic carbocycles. The van der Waals surface area contributed by atoms with E-state index in [-0.39, 0.29) is 11.5 Å². The van der Waals surface area contributed by atoms with Crippen LogP contribution in [0.2, 0.25) is 0 Å². The lowest BCUT2D eigenvalue weighted by molar-refractivity contribution is -0.122. The second-order valence-electron chi connectivity index (χ2n) is 8.52. The van der Waals surface area contributed by atoms with Crippen LogP contribution in [0.4, 0.5) is 5.82 Å². The Morgan fingerprint density at radius 3 is 2.50 bits per heavy atom. The summed E-state index contributed by atoms with van der Waals surface area (Å²) in [6.07, 6.45) is 4.07. The number of hydrogen-bond acceptors (Lipinski definition) is 6. The topological polar surface area (TPSA) is 66.7 Å². The maximum Gasteiger partial charge on any atom is 0.267 e. The smallest absolute Gasteiger partial charge is 0.267 e. The van der Waals surface area contributed by atoms with Gasteiger partial charge in [-0.15, -0.1) is 0 Å². The highest BCUT2D eigenvalue weighted by Gasteiger charge is 2.32. The van der Waals surface area contributed by atoms with Crippen LogP contribution in [0.5, 0.6) is 0 Å². The largest absolute Gasteiger partial charge is 0.369 e. The van der Waals surface area contributed by atoms with Crippen molar-refractivity contribution in [1.82, 2.24) is 14.3 Å². The van der Waals surface area contributed by atoms with Crippen molar-refractivity contribution in [2.45, 2.75) is 19.9 Å². The highest BCUT2D eigenvalue weighted by molar-refractivity contribution is 8.26. The molecule has 0 bridgehead atoms. The van der Waals surface area contributed by atoms with Crippen LogP contribution in [-0.4, -0.2) is 31.1 Å². The number of aromatic nitrogens is 2. The molecule has 0 unspecified atom stereocenters. The van der Waals surface area contributed by atoms with E-state index < -0.39 is 0 Å². The summed E-state index contributed by atoms with van der Waals surface area (Å²) in [4.78, 5) is 33.4. The number of aryl methyl sites for hydroxylation is 1. The third-order valence-corrected chi connectivity index (χ3v) is 7.31. The second-order valence-corrected chi connectivity index (χ2v) is 10.2. The monoisotopic (exact) mass is 512 g/mol. The number of nitrogens with one attached hydrogen (secondary N) is 1. The number of fused-ring (bicyclic) bond motifs is 1. The van der Waals surface area contributed by atoms with E-state index in [0.29, 0.717) is 39.3 Å². The molecule has 0 atom stereocenters. The van der Waals surface area contributed by atoms with Crippen molar-refractivity contribution in [3.8, 4) is 0 Å². The van der Waals surface area contributed by atoms with Crippen LogP contribution in [0.25, 0.3) is 11.7 Å². The zero-order valence-corrected chi connectivity index (χ0v) is 21.3. The van der Waals surface area contributed by atoms with E-state index in [2.05, 4.69) is 22.4 Å². The number of thiocarbonyl (C=S) groups is 1. The van der Waals surface area contributed by atoms with Gasteiger partial charge >= 0.3 is 0 Å². The zero-order chi connectivity index (χ0) is 25.1. The van der Waals surface area contributed by atoms with E-state index in [0.717, 1.165) is 17.5 Å². The minimum absolute atomic E-state index is 0.210. The fourth-order valence-corrected chi connectivity index (χ4v) is 5.22. The third-order valence-electron chi connectivity index (χ3n) is 5.93. The average Bonchev–Trinajstić information content (AvgIpc) is 3.15. The van der Waals surface area contributed by atoms with Crippen molar-refractivity contribution in [3.05, 3.63) is 117 Å². The van der Waals surface area contributed by atoms with Crippen LogP contribution in [0.1, 0.15) is 22.3 Å². The van der Waals surface area contributed by atoms with Gasteiger partial charge in [-0.2, -0.15) is 0 Å². The van der Waals surface area contributed by atoms with Gasteiger partial charge in [-0.1, -0.05) is 90.2 Å². The van der Waals surface area contributed by atoms with Crippen molar-refractivity contribution < 1.29 is 4.79 Å². The Kier molecular flexibility index (Phi) is 6.97. The number of carbonyl (C=O) groups is 1. The Hall–Kier alpha value is -3.75. The van der Waals surface area contributed by atoms with E-state index in [1.54, 1.807) is 29.3 Å². The van der Waals surface area contributed by atoms with Crippen LogP contribution in [-0.2, 0) is 17.8 Å². The van der Waals surface area contributed by atoms with E-state index in [9.17, 15) is 9.59 Å². The number of carbonyl (C=O) groups excluding carboxylic acids is 1. The standard InChI is InChI=1S/C28H24N4O2S2/c1-19-10-12-21(13-11-19)18-32-27(34)23(36-28(32)35)17-22-25(29-15-14-20-7-3-2-4-8-20)30-24-9-5-6-16-31(24)26(22)33/h2-13,16-17,29H,14-15,18H2,1H3/b23-17+. The molecule has 3 heterocycles. The van der Waals surface area contributed by atoms with E-state index in [4.69, 9.17) is 12.2 Å². The van der Waals surface area contributed by atoms with Crippen LogP contribution < -0.4 is 10.9 Å². The molecule has 0 spiro atoms. The Bertz CT molecular complexity index is 1530. The molecule has 4 aromatic rings. The predicted octanol–water partition coefficient (Wildman–Crippen LogP) is 5.06. The number of benzene rings is 2. The number of rotatable bonds is 7. The zero-order valence-electron chi connectivity index (χ0n) is 19.7. The first-order valence-electron chi connectivity index (χ1n) is 11.6. The van der Waals surface area contributed by atoms with Gasteiger partial charge in [-0.3, -0.25) is 18.9 Å². The van der Waals surface area contributed by atoms with Gasteiger partial charge in [-0.05, 0) is 42.7 Å². The van der Waals surface area contributed by atoms with Gasteiger partial charge in [0.05, 0.1) is 17.0 Å².